The number of rotatable bonds is 4. The van der Waals surface area contributed by atoms with Gasteiger partial charge in [-0.1, -0.05) is 12.2 Å². The number of carbonyl (C=O) groups excluding carboxylic acids is 1. The van der Waals surface area contributed by atoms with E-state index in [2.05, 4.69) is 12.2 Å². The first-order valence-electron chi connectivity index (χ1n) is 9.24. The van der Waals surface area contributed by atoms with Crippen molar-refractivity contribution < 1.29 is 22.9 Å². The van der Waals surface area contributed by atoms with E-state index in [0.29, 0.717) is 23.1 Å². The predicted octanol–water partition coefficient (Wildman–Crippen LogP) is 4.13. The maximum Gasteiger partial charge on any atom is 0.344 e. The third-order valence-electron chi connectivity index (χ3n) is 5.78. The first-order chi connectivity index (χ1) is 13.0. The van der Waals surface area contributed by atoms with E-state index >= 15 is 4.39 Å². The number of nitrogens with zero attached hydrogens (tertiary/aromatic N) is 1. The van der Waals surface area contributed by atoms with Gasteiger partial charge in [-0.2, -0.15) is 0 Å². The Hall–Kier alpha value is -2.56. The van der Waals surface area contributed by atoms with E-state index in [1.807, 2.05) is 6.07 Å². The van der Waals surface area contributed by atoms with Crippen molar-refractivity contribution in [2.75, 3.05) is 6.61 Å². The van der Waals surface area contributed by atoms with Gasteiger partial charge in [-0.05, 0) is 55.2 Å². The van der Waals surface area contributed by atoms with Crippen LogP contribution >= 0.6 is 0 Å². The molecule has 2 aromatic rings. The van der Waals surface area contributed by atoms with E-state index in [-0.39, 0.29) is 18.1 Å². The van der Waals surface area contributed by atoms with Gasteiger partial charge in [0, 0.05) is 12.1 Å². The first-order valence-corrected chi connectivity index (χ1v) is 9.24. The molecule has 140 valence electrons. The summed E-state index contributed by atoms with van der Waals surface area (Å²) in [4.78, 5) is 12.5. The summed E-state index contributed by atoms with van der Waals surface area (Å²) in [5.41, 5.74) is 0.605. The average molecular weight is 370 g/mol. The molecule has 3 unspecified atom stereocenters. The molecule has 5 heteroatoms. The molecule has 4 rings (SSSR count). The molecule has 1 aromatic carbocycles. The van der Waals surface area contributed by atoms with Crippen LogP contribution in [0.3, 0.4) is 0 Å². The second-order valence-corrected chi connectivity index (χ2v) is 7.57. The van der Waals surface area contributed by atoms with Crippen LogP contribution in [0.5, 0.6) is 0 Å². The molecular formula is C22H22F2NO2+. The summed E-state index contributed by atoms with van der Waals surface area (Å²) in [6.45, 7) is 1.83. The highest BCUT2D eigenvalue weighted by atomic mass is 19.1. The number of pyridine rings is 1. The number of aromatic nitrogens is 1. The molecule has 1 fully saturated rings. The minimum atomic E-state index is -0.934. The molecule has 27 heavy (non-hydrogen) atoms. The van der Waals surface area contributed by atoms with Crippen molar-refractivity contribution in [1.29, 1.82) is 0 Å². The highest BCUT2D eigenvalue weighted by molar-refractivity contribution is 5.92. The largest absolute Gasteiger partial charge is 0.462 e. The van der Waals surface area contributed by atoms with Crippen molar-refractivity contribution in [3.8, 4) is 11.3 Å². The standard InChI is InChI=1S/C22H22F2NO2/c1-13-9-17(23)20(21(24)19(13)18-5-3-4-8-25(18)2)22(26)27-12-16-11-14-6-7-15(16)10-14/h3-9,14-16H,10-12H2,1-2H3/q+1. The number of esters is 1. The molecule has 1 heterocycles. The van der Waals surface area contributed by atoms with Crippen LogP contribution < -0.4 is 4.57 Å². The maximum atomic E-state index is 15.2. The summed E-state index contributed by atoms with van der Waals surface area (Å²) >= 11 is 0. The summed E-state index contributed by atoms with van der Waals surface area (Å²) < 4.78 is 36.7. The van der Waals surface area contributed by atoms with Crippen molar-refractivity contribution in [1.82, 2.24) is 0 Å². The van der Waals surface area contributed by atoms with Crippen LogP contribution in [0.4, 0.5) is 8.78 Å². The lowest BCUT2D eigenvalue weighted by Crippen LogP contribution is -2.31. The quantitative estimate of drug-likeness (QED) is 0.460. The SMILES string of the molecule is Cc1cc(F)c(C(=O)OCC2CC3C=CC2C3)c(F)c1-c1cccc[n+]1C. The van der Waals surface area contributed by atoms with Gasteiger partial charge in [-0.3, -0.25) is 0 Å². The zero-order chi connectivity index (χ0) is 19.1. The van der Waals surface area contributed by atoms with Gasteiger partial charge in [0.1, 0.15) is 18.4 Å². The first kappa shape index (κ1) is 17.8. The smallest absolute Gasteiger partial charge is 0.344 e. The number of aryl methyl sites for hydroxylation is 2. The van der Waals surface area contributed by atoms with Gasteiger partial charge in [0.15, 0.2) is 12.0 Å². The fourth-order valence-corrected chi connectivity index (χ4v) is 4.36. The highest BCUT2D eigenvalue weighted by Crippen LogP contribution is 2.43. The minimum Gasteiger partial charge on any atom is -0.462 e. The second kappa shape index (κ2) is 6.87. The van der Waals surface area contributed by atoms with E-state index < -0.39 is 23.2 Å². The highest BCUT2D eigenvalue weighted by Gasteiger charge is 2.37. The van der Waals surface area contributed by atoms with Gasteiger partial charge >= 0.3 is 5.97 Å². The maximum absolute atomic E-state index is 15.2. The van der Waals surface area contributed by atoms with Crippen LogP contribution in [0, 0.1) is 36.3 Å². The molecule has 2 aliphatic carbocycles. The molecule has 1 aromatic heterocycles. The molecule has 1 saturated carbocycles. The Balaban J connectivity index is 1.62. The molecule has 2 bridgehead atoms. The van der Waals surface area contributed by atoms with E-state index in [1.54, 1.807) is 36.9 Å². The van der Waals surface area contributed by atoms with Gasteiger partial charge in [0.05, 0.1) is 12.2 Å². The van der Waals surface area contributed by atoms with E-state index in [0.717, 1.165) is 12.8 Å². The normalized spacial score (nSPS) is 23.0. The van der Waals surface area contributed by atoms with Gasteiger partial charge in [-0.25, -0.2) is 18.1 Å². The van der Waals surface area contributed by atoms with Crippen molar-refractivity contribution in [2.24, 2.45) is 24.8 Å². The van der Waals surface area contributed by atoms with Gasteiger partial charge < -0.3 is 4.74 Å². The Morgan fingerprint density at radius 2 is 2.07 bits per heavy atom. The monoisotopic (exact) mass is 370 g/mol. The fraction of sp³-hybridized carbons (Fsp3) is 0.364. The lowest BCUT2D eigenvalue weighted by molar-refractivity contribution is -0.660. The number of hydrogen-bond acceptors (Lipinski definition) is 2. The molecule has 3 atom stereocenters. The second-order valence-electron chi connectivity index (χ2n) is 7.57. The Labute approximate surface area is 157 Å². The average Bonchev–Trinajstić information content (AvgIpc) is 3.24. The van der Waals surface area contributed by atoms with Crippen molar-refractivity contribution in [3.63, 3.8) is 0 Å². The van der Waals surface area contributed by atoms with Crippen LogP contribution in [-0.2, 0) is 11.8 Å². The predicted molar refractivity (Wildman–Crippen MR) is 96.8 cm³/mol. The molecule has 0 spiro atoms. The molecule has 0 aliphatic heterocycles. The molecule has 0 N–H and O–H groups in total. The van der Waals surface area contributed by atoms with Crippen LogP contribution in [0.25, 0.3) is 11.3 Å². The number of benzene rings is 1. The third-order valence-corrected chi connectivity index (χ3v) is 5.78. The Morgan fingerprint density at radius 3 is 2.74 bits per heavy atom. The van der Waals surface area contributed by atoms with Crippen molar-refractivity contribution in [3.05, 3.63) is 65.4 Å². The third kappa shape index (κ3) is 3.15. The zero-order valence-electron chi connectivity index (χ0n) is 15.4. The number of hydrogen-bond donors (Lipinski definition) is 0. The number of ether oxygens (including phenoxy) is 1. The number of carbonyl (C=O) groups is 1. The fourth-order valence-electron chi connectivity index (χ4n) is 4.36. The van der Waals surface area contributed by atoms with Gasteiger partial charge in [0.2, 0.25) is 5.69 Å². The molecule has 3 nitrogen and oxygen atoms in total. The van der Waals surface area contributed by atoms with Crippen LogP contribution in [0.2, 0.25) is 0 Å². The number of allylic oxidation sites excluding steroid dienone is 2. The molecule has 0 saturated heterocycles. The summed E-state index contributed by atoms with van der Waals surface area (Å²) in [7, 11) is 1.78. The lowest BCUT2D eigenvalue weighted by atomic mass is 9.94. The summed E-state index contributed by atoms with van der Waals surface area (Å²) in [5.74, 6) is -1.48. The van der Waals surface area contributed by atoms with Crippen LogP contribution in [-0.4, -0.2) is 12.6 Å². The lowest BCUT2D eigenvalue weighted by Gasteiger charge is -2.18. The van der Waals surface area contributed by atoms with Gasteiger partial charge in [0.25, 0.3) is 0 Å². The molecule has 0 amide bonds. The van der Waals surface area contributed by atoms with E-state index in [1.165, 1.54) is 6.07 Å². The van der Waals surface area contributed by atoms with Crippen LogP contribution in [0.1, 0.15) is 28.8 Å². The summed E-state index contributed by atoms with van der Waals surface area (Å²) in [5, 5.41) is 0. The molecule has 2 aliphatic rings. The van der Waals surface area contributed by atoms with E-state index in [9.17, 15) is 9.18 Å². The van der Waals surface area contributed by atoms with E-state index in [4.69, 9.17) is 4.74 Å². The van der Waals surface area contributed by atoms with Crippen molar-refractivity contribution >= 4 is 5.97 Å². The van der Waals surface area contributed by atoms with Crippen LogP contribution in [0.15, 0.2) is 42.6 Å². The Bertz CT molecular complexity index is 938. The molecular weight excluding hydrogens is 348 g/mol. The topological polar surface area (TPSA) is 30.2 Å². The summed E-state index contributed by atoms with van der Waals surface area (Å²) in [6.07, 6.45) is 8.20. The Morgan fingerprint density at radius 1 is 1.26 bits per heavy atom. The van der Waals surface area contributed by atoms with Gasteiger partial charge in [-0.15, -0.1) is 0 Å². The zero-order valence-corrected chi connectivity index (χ0v) is 15.4. The molecule has 0 radical (unpaired) electrons. The minimum absolute atomic E-state index is 0.200. The number of fused-ring (bicyclic) bond motifs is 2. The van der Waals surface area contributed by atoms with Crippen molar-refractivity contribution in [2.45, 2.75) is 19.8 Å². The number of halogens is 2. The summed E-state index contributed by atoms with van der Waals surface area (Å²) in [6, 6.07) is 6.53. The Kier molecular flexibility index (Phi) is 4.54.